The Morgan fingerprint density at radius 3 is 1.43 bits per heavy atom. The largest absolute Gasteiger partial charge is 0.397 e. The van der Waals surface area contributed by atoms with E-state index in [1.165, 1.54) is 0 Å². The van der Waals surface area contributed by atoms with Gasteiger partial charge in [-0.15, -0.1) is 0 Å². The van der Waals surface area contributed by atoms with E-state index in [1.807, 2.05) is 6.92 Å². The first-order chi connectivity index (χ1) is 2.83. The van der Waals surface area contributed by atoms with Gasteiger partial charge in [-0.05, 0) is 6.92 Å². The summed E-state index contributed by atoms with van der Waals surface area (Å²) in [6.07, 6.45) is 1.00. The molecule has 0 aliphatic carbocycles. The second-order valence-electron chi connectivity index (χ2n) is 0.816. The average molecular weight is 134 g/mol. The van der Waals surface area contributed by atoms with Crippen molar-refractivity contribution in [3.63, 3.8) is 0 Å². The second-order valence-corrected chi connectivity index (χ2v) is 0.816. The molecule has 43 valence electrons. The first-order valence-corrected chi connectivity index (χ1v) is 2.23. The molecule has 0 aromatic heterocycles. The van der Waals surface area contributed by atoms with Gasteiger partial charge in [-0.3, -0.25) is 0 Å². The fourth-order valence-corrected chi connectivity index (χ4v) is 0. The number of aliphatic hydroxyl groups is 1. The minimum Gasteiger partial charge on any atom is -0.397 e. The molecular weight excluding hydrogens is 121 g/mol. The van der Waals surface area contributed by atoms with Gasteiger partial charge in [-0.25, -0.2) is 0 Å². The van der Waals surface area contributed by atoms with Crippen LogP contribution in [0.15, 0.2) is 0 Å². The van der Waals surface area contributed by atoms with Crippen LogP contribution < -0.4 is 0 Å². The topological polar surface area (TPSA) is 20.2 Å². The Hall–Kier alpha value is 0.830. The van der Waals surface area contributed by atoms with Gasteiger partial charge in [0, 0.05) is 32.5 Å². The number of aliphatic hydroxyl groups excluding tert-OH is 1. The van der Waals surface area contributed by atoms with Gasteiger partial charge in [0.1, 0.15) is 0 Å². The van der Waals surface area contributed by atoms with E-state index < -0.39 is 0 Å². The normalized spacial score (nSPS) is 5.14. The van der Waals surface area contributed by atoms with E-state index in [9.17, 15) is 0 Å². The van der Waals surface area contributed by atoms with E-state index in [1.54, 1.807) is 6.92 Å². The van der Waals surface area contributed by atoms with E-state index in [4.69, 9.17) is 5.11 Å². The van der Waals surface area contributed by atoms with Gasteiger partial charge in [0.2, 0.25) is 0 Å². The maximum Gasteiger partial charge on any atom is 0.0402 e. The van der Waals surface area contributed by atoms with Crippen molar-refractivity contribution in [1.29, 1.82) is 0 Å². The molecule has 0 fully saturated rings. The zero-order valence-corrected chi connectivity index (χ0v) is 6.95. The van der Waals surface area contributed by atoms with Crippen LogP contribution in [0.1, 0.15) is 20.3 Å². The summed E-state index contributed by atoms with van der Waals surface area (Å²) in [5.41, 5.74) is 0. The quantitative estimate of drug-likeness (QED) is 0.494. The Kier molecular flexibility index (Phi) is 64.8. The van der Waals surface area contributed by atoms with Gasteiger partial charge < -0.3 is 12.0 Å². The summed E-state index contributed by atoms with van der Waals surface area (Å²) >= 11 is 0. The van der Waals surface area contributed by atoms with Gasteiger partial charge in [-0.2, -0.15) is 6.42 Å². The van der Waals surface area contributed by atoms with Crippen LogP contribution in [-0.2, 0) is 25.8 Å². The van der Waals surface area contributed by atoms with Crippen LogP contribution in [0.2, 0.25) is 0 Å². The molecule has 0 unspecified atom stereocenters. The number of hydrogen-bond donors (Lipinski definition) is 1. The Bertz CT molecular complexity index is 10.0. The molecule has 0 aromatic carbocycles. The molecule has 0 aliphatic rings. The van der Waals surface area contributed by atoms with Gasteiger partial charge in [-0.1, -0.05) is 6.92 Å². The van der Waals surface area contributed by atoms with Crippen molar-refractivity contribution in [2.45, 2.75) is 20.3 Å². The minimum absolute atomic E-state index is 0. The molecule has 0 saturated carbocycles. The molecule has 0 spiro atoms. The summed E-state index contributed by atoms with van der Waals surface area (Å²) in [7, 11) is 0. The molecule has 0 rings (SSSR count). The summed E-state index contributed by atoms with van der Waals surface area (Å²) < 4.78 is 0. The van der Waals surface area contributed by atoms with Gasteiger partial charge in [0.15, 0.2) is 0 Å². The van der Waals surface area contributed by atoms with Crippen molar-refractivity contribution in [1.82, 2.24) is 0 Å². The van der Waals surface area contributed by atoms with Gasteiger partial charge >= 0.3 is 0 Å². The summed E-state index contributed by atoms with van der Waals surface area (Å²) in [5.74, 6) is 0. The van der Waals surface area contributed by atoms with Crippen LogP contribution in [0, 0.1) is 6.92 Å². The third-order valence-corrected chi connectivity index (χ3v) is 0. The molecule has 1 nitrogen and oxygen atoms in total. The molecule has 0 heterocycles. The average Bonchev–Trinajstić information content (AvgIpc) is 1.39. The monoisotopic (exact) mass is 134 g/mol. The third-order valence-electron chi connectivity index (χ3n) is 0. The zero-order valence-electron chi connectivity index (χ0n) is 5.15. The minimum atomic E-state index is 0. The summed E-state index contributed by atoms with van der Waals surface area (Å²) in [6, 6.07) is 0. The first-order valence-electron chi connectivity index (χ1n) is 2.23. The van der Waals surface area contributed by atoms with Crippen LogP contribution >= 0.6 is 0 Å². The molecular formula is C5H13OSc-. The molecule has 0 aromatic rings. The van der Waals surface area contributed by atoms with E-state index in [-0.39, 0.29) is 32.5 Å². The van der Waals surface area contributed by atoms with Crippen LogP contribution in [0.3, 0.4) is 0 Å². The van der Waals surface area contributed by atoms with Crippen LogP contribution in [0.4, 0.5) is 0 Å². The van der Waals surface area contributed by atoms with Crippen LogP contribution in [-0.4, -0.2) is 11.7 Å². The van der Waals surface area contributed by atoms with E-state index in [0.717, 1.165) is 6.42 Å². The van der Waals surface area contributed by atoms with Crippen LogP contribution in [0.25, 0.3) is 0 Å². The summed E-state index contributed by atoms with van der Waals surface area (Å²) in [4.78, 5) is 0. The van der Waals surface area contributed by atoms with Crippen molar-refractivity contribution in [3.8, 4) is 0 Å². The third kappa shape index (κ3) is 231. The summed E-state index contributed by atoms with van der Waals surface area (Å²) in [5, 5.41) is 7.57. The molecule has 2 heteroatoms. The summed E-state index contributed by atoms with van der Waals surface area (Å²) in [6.45, 7) is 7.43. The predicted molar refractivity (Wildman–Crippen MR) is 28.4 cm³/mol. The van der Waals surface area contributed by atoms with Crippen LogP contribution in [0.5, 0.6) is 0 Å². The standard InChI is InChI=1S/C3H7.C2H6O.Sc/c1-3-2;1-2-3;/h1,3H2,2H3;3H,2H2,1H3;/q-1;;. The Morgan fingerprint density at radius 1 is 1.43 bits per heavy atom. The van der Waals surface area contributed by atoms with E-state index in [0.29, 0.717) is 0 Å². The van der Waals surface area contributed by atoms with Crippen molar-refractivity contribution >= 4 is 0 Å². The predicted octanol–water partition coefficient (Wildman–Crippen LogP) is 1.23. The van der Waals surface area contributed by atoms with Gasteiger partial charge in [0.05, 0.1) is 0 Å². The zero-order chi connectivity index (χ0) is 5.41. The molecule has 0 bridgehead atoms. The number of rotatable bonds is 0. The molecule has 0 aliphatic heterocycles. The van der Waals surface area contributed by atoms with Crippen molar-refractivity contribution in [2.24, 2.45) is 0 Å². The van der Waals surface area contributed by atoms with Crippen molar-refractivity contribution in [2.75, 3.05) is 6.61 Å². The van der Waals surface area contributed by atoms with E-state index in [2.05, 4.69) is 6.92 Å². The second kappa shape index (κ2) is 29.0. The van der Waals surface area contributed by atoms with Crippen molar-refractivity contribution < 1.29 is 30.9 Å². The smallest absolute Gasteiger partial charge is 0.0402 e. The molecule has 7 heavy (non-hydrogen) atoms. The Labute approximate surface area is 64.9 Å². The first kappa shape index (κ1) is 15.7. The molecule has 0 amide bonds. The Balaban J connectivity index is -0.0000000400. The van der Waals surface area contributed by atoms with Gasteiger partial charge in [0.25, 0.3) is 0 Å². The molecule has 0 atom stereocenters. The molecule has 0 saturated heterocycles. The molecule has 1 radical (unpaired) electrons. The number of hydrogen-bond acceptors (Lipinski definition) is 1. The fraction of sp³-hybridized carbons (Fsp3) is 0.800. The fourth-order valence-electron chi connectivity index (χ4n) is 0. The van der Waals surface area contributed by atoms with Crippen molar-refractivity contribution in [3.05, 3.63) is 6.92 Å². The maximum absolute atomic E-state index is 7.57. The molecule has 1 N–H and O–H groups in total. The maximum atomic E-state index is 7.57. The Morgan fingerprint density at radius 2 is 1.43 bits per heavy atom. The van der Waals surface area contributed by atoms with E-state index >= 15 is 0 Å². The SMILES string of the molecule is CCO.[CH2-]CC.[Sc].